The second-order valence-electron chi connectivity index (χ2n) is 7.27. The molecule has 1 N–H and O–H groups in total. The summed E-state index contributed by atoms with van der Waals surface area (Å²) in [5, 5.41) is 10.1. The van der Waals surface area contributed by atoms with Gasteiger partial charge in [0, 0.05) is 31.5 Å². The van der Waals surface area contributed by atoms with Crippen LogP contribution in [-0.2, 0) is 0 Å². The van der Waals surface area contributed by atoms with Crippen LogP contribution in [0.3, 0.4) is 0 Å². The minimum absolute atomic E-state index is 0.496. The van der Waals surface area contributed by atoms with Gasteiger partial charge in [-0.3, -0.25) is 10.4 Å². The monoisotopic (exact) mass is 371 g/mol. The van der Waals surface area contributed by atoms with Crippen molar-refractivity contribution in [3.8, 4) is 0 Å². The van der Waals surface area contributed by atoms with Gasteiger partial charge in [0.2, 0.25) is 5.17 Å². The van der Waals surface area contributed by atoms with E-state index in [4.69, 9.17) is 0 Å². The number of nitrogens with zero attached hydrogens (tertiary/aromatic N) is 4. The van der Waals surface area contributed by atoms with Gasteiger partial charge in [-0.15, -0.1) is 5.10 Å². The minimum Gasteiger partial charge on any atom is -0.300 e. The lowest BCUT2D eigenvalue weighted by Gasteiger charge is -2.46. The molecule has 0 atom stereocenters. The number of anilines is 1. The molecule has 2 aliphatic heterocycles. The van der Waals surface area contributed by atoms with Crippen LogP contribution < -0.4 is 10.4 Å². The first kappa shape index (κ1) is 17.7. The average Bonchev–Trinajstić information content (AvgIpc) is 3.25. The number of para-hydroxylation sites is 1. The molecule has 26 heavy (non-hydrogen) atoms. The van der Waals surface area contributed by atoms with Gasteiger partial charge < -0.3 is 4.90 Å². The fourth-order valence-corrected chi connectivity index (χ4v) is 4.95. The zero-order valence-corrected chi connectivity index (χ0v) is 16.4. The lowest BCUT2D eigenvalue weighted by molar-refractivity contribution is 0.144. The van der Waals surface area contributed by atoms with Crippen LogP contribution in [0, 0.1) is 0 Å². The maximum atomic E-state index is 4.47. The molecule has 6 heteroatoms. The molecule has 0 aromatic heterocycles. The van der Waals surface area contributed by atoms with Crippen LogP contribution in [0.2, 0.25) is 0 Å². The van der Waals surface area contributed by atoms with Crippen LogP contribution >= 0.6 is 11.8 Å². The maximum absolute atomic E-state index is 4.47. The van der Waals surface area contributed by atoms with Crippen molar-refractivity contribution in [2.45, 2.75) is 50.6 Å². The van der Waals surface area contributed by atoms with Gasteiger partial charge in [-0.05, 0) is 44.1 Å². The average molecular weight is 372 g/mol. The fraction of sp³-hybridized carbons (Fsp3) is 0.550. The highest BCUT2D eigenvalue weighted by Gasteiger charge is 2.33. The number of benzene rings is 1. The molecule has 1 aromatic rings. The third kappa shape index (κ3) is 3.71. The molecule has 140 valence electrons. The van der Waals surface area contributed by atoms with Crippen LogP contribution in [0.25, 0.3) is 0 Å². The first-order valence-electron chi connectivity index (χ1n) is 9.78. The van der Waals surface area contributed by atoms with E-state index in [2.05, 4.69) is 68.2 Å². The molecule has 1 aliphatic carbocycles. The molecule has 1 saturated heterocycles. The minimum atomic E-state index is 0.496. The molecular formula is C20H29N5S. The van der Waals surface area contributed by atoms with E-state index in [9.17, 15) is 0 Å². The van der Waals surface area contributed by atoms with Crippen molar-refractivity contribution in [3.05, 3.63) is 42.7 Å². The molecular weight excluding hydrogens is 342 g/mol. The maximum Gasteiger partial charge on any atom is 0.206 e. The van der Waals surface area contributed by atoms with E-state index in [1.165, 1.54) is 57.3 Å². The van der Waals surface area contributed by atoms with Crippen LogP contribution in [-0.4, -0.2) is 46.5 Å². The Kier molecular flexibility index (Phi) is 5.70. The molecule has 5 nitrogen and oxygen atoms in total. The molecule has 1 aromatic carbocycles. The Hall–Kier alpha value is -1.66. The highest BCUT2D eigenvalue weighted by Crippen LogP contribution is 2.31. The van der Waals surface area contributed by atoms with Crippen molar-refractivity contribution in [3.63, 3.8) is 0 Å². The molecule has 0 spiro atoms. The number of likely N-dealkylation sites (tertiary alicyclic amines) is 1. The van der Waals surface area contributed by atoms with Crippen molar-refractivity contribution < 1.29 is 0 Å². The van der Waals surface area contributed by atoms with Crippen molar-refractivity contribution in [2.24, 2.45) is 5.10 Å². The predicted octanol–water partition coefficient (Wildman–Crippen LogP) is 3.83. The lowest BCUT2D eigenvalue weighted by atomic mass is 10.0. The Balaban J connectivity index is 1.53. The van der Waals surface area contributed by atoms with Gasteiger partial charge in [-0.2, -0.15) is 0 Å². The van der Waals surface area contributed by atoms with Gasteiger partial charge in [-0.25, -0.2) is 5.01 Å². The molecule has 2 heterocycles. The molecule has 2 fully saturated rings. The number of rotatable bonds is 4. The number of thioether (sulfide) groups is 1. The zero-order chi connectivity index (χ0) is 17.8. The van der Waals surface area contributed by atoms with E-state index in [1.54, 1.807) is 11.8 Å². The number of piperidine rings is 1. The number of nitrogens with one attached hydrogen (secondary N) is 1. The number of hydrogen-bond donors (Lipinski definition) is 1. The van der Waals surface area contributed by atoms with E-state index in [1.807, 2.05) is 6.20 Å². The Bertz CT molecular complexity index is 633. The molecule has 4 rings (SSSR count). The first-order valence-corrected chi connectivity index (χ1v) is 11.0. The first-order chi connectivity index (χ1) is 12.9. The normalized spacial score (nSPS) is 22.3. The van der Waals surface area contributed by atoms with Crippen molar-refractivity contribution >= 4 is 22.6 Å². The van der Waals surface area contributed by atoms with Gasteiger partial charge in [0.1, 0.15) is 0 Å². The topological polar surface area (TPSA) is 34.1 Å². The Morgan fingerprint density at radius 2 is 1.81 bits per heavy atom. The van der Waals surface area contributed by atoms with E-state index in [0.717, 1.165) is 11.2 Å². The smallest absolute Gasteiger partial charge is 0.206 e. The molecule has 0 radical (unpaired) electrons. The Morgan fingerprint density at radius 3 is 2.50 bits per heavy atom. The summed E-state index contributed by atoms with van der Waals surface area (Å²) in [6.07, 6.45) is 14.1. The van der Waals surface area contributed by atoms with Crippen molar-refractivity contribution in [1.29, 1.82) is 0 Å². The quantitative estimate of drug-likeness (QED) is 0.870. The molecule has 1 saturated carbocycles. The third-order valence-electron chi connectivity index (χ3n) is 5.77. The van der Waals surface area contributed by atoms with Gasteiger partial charge >= 0.3 is 0 Å². The summed E-state index contributed by atoms with van der Waals surface area (Å²) >= 11 is 1.67. The summed E-state index contributed by atoms with van der Waals surface area (Å²) in [6, 6.07) is 12.1. The van der Waals surface area contributed by atoms with Gasteiger partial charge in [0.15, 0.2) is 0 Å². The van der Waals surface area contributed by atoms with Crippen LogP contribution in [0.4, 0.5) is 5.69 Å². The molecule has 3 aliphatic rings. The van der Waals surface area contributed by atoms with Gasteiger partial charge in [0.05, 0.1) is 11.7 Å². The number of hydrogen-bond acceptors (Lipinski definition) is 6. The largest absolute Gasteiger partial charge is 0.300 e. The number of hydrazone groups is 1. The summed E-state index contributed by atoms with van der Waals surface area (Å²) in [4.78, 5) is 2.74. The van der Waals surface area contributed by atoms with Gasteiger partial charge in [-0.1, -0.05) is 42.8 Å². The standard InChI is InChI=1S/C20H29N5S/c1-26-20-22-21-13-16-24(20)25(18-9-3-2-4-10-18)19-11-14-23(15-12-19)17-7-5-6-8-17/h2-4,9-10,13,16-17,19,21H,5-8,11-12,14-15H2,1H3. The number of hydrazine groups is 1. The van der Waals surface area contributed by atoms with E-state index >= 15 is 0 Å². The van der Waals surface area contributed by atoms with Crippen molar-refractivity contribution in [1.82, 2.24) is 15.3 Å². The van der Waals surface area contributed by atoms with Crippen molar-refractivity contribution in [2.75, 3.05) is 24.4 Å². The third-order valence-corrected chi connectivity index (χ3v) is 6.41. The lowest BCUT2D eigenvalue weighted by Crippen LogP contribution is -2.54. The Morgan fingerprint density at radius 1 is 1.08 bits per heavy atom. The van der Waals surface area contributed by atoms with Crippen LogP contribution in [0.15, 0.2) is 47.8 Å². The Labute approximate surface area is 161 Å². The zero-order valence-electron chi connectivity index (χ0n) is 15.6. The van der Waals surface area contributed by atoms with Crippen LogP contribution in [0.5, 0.6) is 0 Å². The highest BCUT2D eigenvalue weighted by molar-refractivity contribution is 8.13. The van der Waals surface area contributed by atoms with E-state index in [0.29, 0.717) is 6.04 Å². The fourth-order valence-electron chi connectivity index (χ4n) is 4.47. The summed E-state index contributed by atoms with van der Waals surface area (Å²) < 4.78 is 0. The van der Waals surface area contributed by atoms with E-state index < -0.39 is 0 Å². The molecule has 0 bridgehead atoms. The van der Waals surface area contributed by atoms with Crippen LogP contribution in [0.1, 0.15) is 38.5 Å². The summed E-state index contributed by atoms with van der Waals surface area (Å²) in [7, 11) is 0. The SMILES string of the molecule is CSC1=NNC=CN1N(c1ccccc1)C1CCN(C2CCCC2)CC1. The number of amidine groups is 1. The van der Waals surface area contributed by atoms with Gasteiger partial charge in [0.25, 0.3) is 0 Å². The summed E-state index contributed by atoms with van der Waals surface area (Å²) in [6.45, 7) is 2.42. The second-order valence-corrected chi connectivity index (χ2v) is 8.05. The predicted molar refractivity (Wildman–Crippen MR) is 111 cm³/mol. The molecule has 0 unspecified atom stereocenters. The summed E-state index contributed by atoms with van der Waals surface area (Å²) in [5.41, 5.74) is 4.22. The molecule has 0 amide bonds. The highest BCUT2D eigenvalue weighted by atomic mass is 32.2. The second kappa shape index (κ2) is 8.35. The van der Waals surface area contributed by atoms with E-state index in [-0.39, 0.29) is 0 Å². The summed E-state index contributed by atoms with van der Waals surface area (Å²) in [5.74, 6) is 0.